The lowest BCUT2D eigenvalue weighted by molar-refractivity contribution is 0.0992. The van der Waals surface area contributed by atoms with E-state index < -0.39 is 31.4 Å². The second kappa shape index (κ2) is 12.0. The van der Waals surface area contributed by atoms with Gasteiger partial charge in [0.15, 0.2) is 5.76 Å². The number of aryl methyl sites for hydroxylation is 1. The molecule has 0 radical (unpaired) electrons. The molecule has 4 aromatic heterocycles. The van der Waals surface area contributed by atoms with Crippen molar-refractivity contribution >= 4 is 31.6 Å². The highest BCUT2D eigenvalue weighted by molar-refractivity contribution is 8.34. The summed E-state index contributed by atoms with van der Waals surface area (Å²) in [5.41, 5.74) is 1.26. The van der Waals surface area contributed by atoms with Crippen LogP contribution in [0.1, 0.15) is 24.5 Å². The Morgan fingerprint density at radius 1 is 1.05 bits per heavy atom. The van der Waals surface area contributed by atoms with E-state index in [1.165, 1.54) is 31.1 Å². The molecule has 0 fully saturated rings. The van der Waals surface area contributed by atoms with E-state index >= 15 is 0 Å². The molecular formula is C30H36N6O6S2. The molecule has 4 heterocycles. The van der Waals surface area contributed by atoms with Crippen LogP contribution in [0.2, 0.25) is 0 Å². The van der Waals surface area contributed by atoms with E-state index in [1.807, 2.05) is 48.6 Å². The van der Waals surface area contributed by atoms with Crippen LogP contribution in [0.3, 0.4) is 0 Å². The number of hydrogen-bond donors (Lipinski definition) is 1. The van der Waals surface area contributed by atoms with Crippen LogP contribution in [0.5, 0.6) is 11.5 Å². The third-order valence-corrected chi connectivity index (χ3v) is 9.89. The second-order valence-corrected chi connectivity index (χ2v) is 17.3. The van der Waals surface area contributed by atoms with Crippen molar-refractivity contribution in [2.75, 3.05) is 37.3 Å². The first kappa shape index (κ1) is 31.2. The molecule has 0 saturated carbocycles. The summed E-state index contributed by atoms with van der Waals surface area (Å²) in [5.74, 6) is 1.09. The van der Waals surface area contributed by atoms with Crippen LogP contribution in [0.25, 0.3) is 22.9 Å². The number of nitrogens with zero attached hydrogens (tertiary/aromatic N) is 6. The summed E-state index contributed by atoms with van der Waals surface area (Å²) in [6.07, 6.45) is 10.2. The number of aromatic hydroxyl groups is 1. The highest BCUT2D eigenvalue weighted by atomic mass is 32.3. The van der Waals surface area contributed by atoms with E-state index in [-0.39, 0.29) is 29.0 Å². The van der Waals surface area contributed by atoms with Crippen LogP contribution < -0.4 is 9.04 Å². The van der Waals surface area contributed by atoms with Crippen LogP contribution in [0, 0.1) is 6.92 Å². The molecule has 0 amide bonds. The van der Waals surface area contributed by atoms with Gasteiger partial charge < -0.3 is 23.4 Å². The van der Waals surface area contributed by atoms with E-state index in [0.29, 0.717) is 22.9 Å². The summed E-state index contributed by atoms with van der Waals surface area (Å²) < 4.78 is 50.9. The predicted molar refractivity (Wildman–Crippen MR) is 172 cm³/mol. The molecule has 1 aromatic carbocycles. The van der Waals surface area contributed by atoms with Crippen molar-refractivity contribution in [1.29, 1.82) is 0 Å². The molecule has 12 nitrogen and oxygen atoms in total. The Kier molecular flexibility index (Phi) is 8.51. The number of phenols is 1. The number of benzene rings is 1. The average Bonchev–Trinajstić information content (AvgIpc) is 3.71. The standard InChI is InChI=1S/C30H36N6O6S2/c1-20-14-15-25(42-20)29-32-33-30(36(29)27-23(37)11-10-12-24(27)40-3)35(17-18-43(5,6)7)44(38,39)21(2)28(41-4)22-19-34-16-9-8-13-26(34)31-22/h8-19,21,28,37H,1-7H3/b18-17+/t21-,28-/m0/s1. The highest BCUT2D eigenvalue weighted by Crippen LogP contribution is 2.41. The minimum absolute atomic E-state index is 0.106. The number of ether oxygens (including phenoxy) is 2. The van der Waals surface area contributed by atoms with Gasteiger partial charge in [0, 0.05) is 25.7 Å². The van der Waals surface area contributed by atoms with Crippen LogP contribution >= 0.6 is 10.0 Å². The van der Waals surface area contributed by atoms with Crippen LogP contribution in [-0.2, 0) is 14.8 Å². The Balaban J connectivity index is 1.73. The maximum Gasteiger partial charge on any atom is 0.250 e. The number of imidazole rings is 1. The molecule has 2 atom stereocenters. The Labute approximate surface area is 257 Å². The van der Waals surface area contributed by atoms with Gasteiger partial charge in [0.1, 0.15) is 39.9 Å². The Bertz CT molecular complexity index is 1890. The SMILES string of the molecule is COc1cccc(O)c1-n1c(-c2ccc(C)o2)nnc1N(/C=C/S(C)(C)C)S(=O)(=O)[C@@H](C)[C@H](OC)c1cn2ccccc2n1. The lowest BCUT2D eigenvalue weighted by atomic mass is 10.2. The largest absolute Gasteiger partial charge is 0.506 e. The zero-order valence-corrected chi connectivity index (χ0v) is 27.2. The van der Waals surface area contributed by atoms with Crippen molar-refractivity contribution in [3.63, 3.8) is 0 Å². The van der Waals surface area contributed by atoms with Gasteiger partial charge in [-0.3, -0.25) is 4.57 Å². The van der Waals surface area contributed by atoms with Gasteiger partial charge in [0.2, 0.25) is 21.8 Å². The molecule has 5 aromatic rings. The number of methoxy groups -OCH3 is 2. The molecule has 5 rings (SSSR count). The molecular weight excluding hydrogens is 604 g/mol. The first-order valence-corrected chi connectivity index (χ1v) is 18.0. The Hall–Kier alpha value is -4.27. The summed E-state index contributed by atoms with van der Waals surface area (Å²) in [5, 5.41) is 20.5. The fourth-order valence-corrected chi connectivity index (χ4v) is 6.78. The number of para-hydroxylation sites is 1. The lowest BCUT2D eigenvalue weighted by Gasteiger charge is -2.29. The van der Waals surface area contributed by atoms with E-state index in [4.69, 9.17) is 13.9 Å². The number of fused-ring (bicyclic) bond motifs is 1. The van der Waals surface area contributed by atoms with Crippen molar-refractivity contribution in [2.45, 2.75) is 25.2 Å². The molecule has 1 N–H and O–H groups in total. The monoisotopic (exact) mass is 640 g/mol. The minimum Gasteiger partial charge on any atom is -0.506 e. The summed E-state index contributed by atoms with van der Waals surface area (Å²) in [6.45, 7) is 3.35. The van der Waals surface area contributed by atoms with E-state index in [2.05, 4.69) is 15.2 Å². The fourth-order valence-electron chi connectivity index (χ4n) is 4.72. The lowest BCUT2D eigenvalue weighted by Crippen LogP contribution is -2.39. The van der Waals surface area contributed by atoms with Gasteiger partial charge in [0.05, 0.1) is 12.8 Å². The van der Waals surface area contributed by atoms with Crippen molar-refractivity contribution in [3.8, 4) is 28.8 Å². The maximum absolute atomic E-state index is 14.7. The number of sulfonamides is 1. The van der Waals surface area contributed by atoms with Crippen molar-refractivity contribution in [2.24, 2.45) is 0 Å². The van der Waals surface area contributed by atoms with Gasteiger partial charge in [-0.2, -0.15) is 0 Å². The molecule has 44 heavy (non-hydrogen) atoms. The summed E-state index contributed by atoms with van der Waals surface area (Å²) in [7, 11) is -2.72. The highest BCUT2D eigenvalue weighted by Gasteiger charge is 2.40. The quantitative estimate of drug-likeness (QED) is 0.205. The predicted octanol–water partition coefficient (Wildman–Crippen LogP) is 5.28. The molecule has 0 aliphatic heterocycles. The fraction of sp³-hybridized carbons (Fsp3) is 0.300. The van der Waals surface area contributed by atoms with Crippen molar-refractivity contribution in [3.05, 3.63) is 84.0 Å². The Morgan fingerprint density at radius 2 is 1.82 bits per heavy atom. The topological polar surface area (TPSA) is 137 Å². The van der Waals surface area contributed by atoms with E-state index in [0.717, 1.165) is 4.31 Å². The number of pyridine rings is 1. The number of hydrogen-bond acceptors (Lipinski definition) is 9. The molecule has 0 aliphatic carbocycles. The number of rotatable bonds is 11. The molecule has 0 saturated heterocycles. The summed E-state index contributed by atoms with van der Waals surface area (Å²) in [6, 6.07) is 13.7. The number of phenolic OH excluding ortho intramolecular Hbond substituents is 1. The first-order valence-electron chi connectivity index (χ1n) is 13.6. The van der Waals surface area contributed by atoms with Gasteiger partial charge in [-0.05, 0) is 74.4 Å². The van der Waals surface area contributed by atoms with Crippen LogP contribution in [0.15, 0.2) is 76.9 Å². The van der Waals surface area contributed by atoms with E-state index in [9.17, 15) is 13.5 Å². The third-order valence-electron chi connectivity index (χ3n) is 6.93. The summed E-state index contributed by atoms with van der Waals surface area (Å²) in [4.78, 5) is 4.63. The summed E-state index contributed by atoms with van der Waals surface area (Å²) >= 11 is 0. The van der Waals surface area contributed by atoms with Crippen LogP contribution in [-0.4, -0.2) is 75.9 Å². The van der Waals surface area contributed by atoms with Crippen molar-refractivity contribution in [1.82, 2.24) is 24.1 Å². The number of anilines is 1. The van der Waals surface area contributed by atoms with E-state index in [1.54, 1.807) is 48.7 Å². The van der Waals surface area contributed by atoms with Gasteiger partial charge in [-0.1, -0.05) is 12.1 Å². The van der Waals surface area contributed by atoms with Gasteiger partial charge >= 0.3 is 0 Å². The van der Waals surface area contributed by atoms with Crippen molar-refractivity contribution < 1.29 is 27.4 Å². The molecule has 0 unspecified atom stereocenters. The number of aromatic nitrogens is 5. The number of furan rings is 1. The first-order chi connectivity index (χ1) is 20.9. The smallest absolute Gasteiger partial charge is 0.250 e. The maximum atomic E-state index is 14.7. The van der Waals surface area contributed by atoms with Crippen LogP contribution in [0.4, 0.5) is 5.95 Å². The molecule has 14 heteroatoms. The second-order valence-electron chi connectivity index (χ2n) is 10.9. The zero-order valence-electron chi connectivity index (χ0n) is 25.6. The molecule has 0 bridgehead atoms. The molecule has 0 spiro atoms. The zero-order chi connectivity index (χ0) is 31.8. The third kappa shape index (κ3) is 5.92. The van der Waals surface area contributed by atoms with Gasteiger partial charge in [0.25, 0.3) is 0 Å². The minimum atomic E-state index is -4.29. The normalized spacial score (nSPS) is 14.2. The average molecular weight is 641 g/mol. The van der Waals surface area contributed by atoms with Gasteiger partial charge in [-0.25, -0.2) is 27.7 Å². The molecule has 234 valence electrons. The molecule has 0 aliphatic rings. The van der Waals surface area contributed by atoms with Gasteiger partial charge in [-0.15, -0.1) is 10.2 Å². The Morgan fingerprint density at radius 3 is 2.45 bits per heavy atom.